The average molecular weight is 331 g/mol. The molecule has 130 valence electrons. The second-order valence-corrected chi connectivity index (χ2v) is 6.70. The van der Waals surface area contributed by atoms with Gasteiger partial charge in [-0.05, 0) is 36.8 Å². The molecule has 3 rings (SSSR count). The molecule has 2 aliphatic heterocycles. The van der Waals surface area contributed by atoms with Gasteiger partial charge >= 0.3 is 5.97 Å². The Bertz CT molecular complexity index is 592. The molecule has 0 spiro atoms. The van der Waals surface area contributed by atoms with Crippen molar-refractivity contribution in [3.05, 3.63) is 35.4 Å². The van der Waals surface area contributed by atoms with Crippen molar-refractivity contribution in [3.63, 3.8) is 0 Å². The molecule has 0 aliphatic carbocycles. The minimum Gasteiger partial charge on any atom is -0.481 e. The zero-order valence-corrected chi connectivity index (χ0v) is 14.1. The van der Waals surface area contributed by atoms with E-state index in [4.69, 9.17) is 4.74 Å². The summed E-state index contributed by atoms with van der Waals surface area (Å²) in [6.45, 7) is 3.30. The third-order valence-corrected chi connectivity index (χ3v) is 5.18. The van der Waals surface area contributed by atoms with Crippen molar-refractivity contribution in [2.45, 2.75) is 51.2 Å². The molecular weight excluding hydrogens is 306 g/mol. The van der Waals surface area contributed by atoms with E-state index in [1.54, 1.807) is 4.90 Å². The van der Waals surface area contributed by atoms with Crippen LogP contribution in [0.4, 0.5) is 0 Å². The van der Waals surface area contributed by atoms with Gasteiger partial charge in [0, 0.05) is 19.6 Å². The molecule has 1 aromatic rings. The number of amides is 1. The fourth-order valence-corrected chi connectivity index (χ4v) is 3.80. The summed E-state index contributed by atoms with van der Waals surface area (Å²) < 4.78 is 5.68. The first-order valence-corrected chi connectivity index (χ1v) is 8.83. The number of likely N-dealkylation sites (tertiary alicyclic amines) is 1. The van der Waals surface area contributed by atoms with Crippen LogP contribution in [0.2, 0.25) is 0 Å². The van der Waals surface area contributed by atoms with E-state index in [1.807, 2.05) is 24.3 Å². The van der Waals surface area contributed by atoms with Crippen LogP contribution < -0.4 is 0 Å². The van der Waals surface area contributed by atoms with Crippen molar-refractivity contribution in [3.8, 4) is 0 Å². The van der Waals surface area contributed by atoms with E-state index < -0.39 is 17.9 Å². The van der Waals surface area contributed by atoms with Crippen LogP contribution in [0.15, 0.2) is 24.3 Å². The second-order valence-electron chi connectivity index (χ2n) is 6.70. The predicted octanol–water partition coefficient (Wildman–Crippen LogP) is 2.79. The Balaban J connectivity index is 1.90. The highest BCUT2D eigenvalue weighted by Gasteiger charge is 2.41. The number of rotatable bonds is 5. The summed E-state index contributed by atoms with van der Waals surface area (Å²) in [4.78, 5) is 26.1. The Morgan fingerprint density at radius 3 is 2.62 bits per heavy atom. The van der Waals surface area contributed by atoms with E-state index in [9.17, 15) is 14.7 Å². The molecule has 5 nitrogen and oxygen atoms in total. The number of aryl methyl sites for hydroxylation is 1. The van der Waals surface area contributed by atoms with Gasteiger partial charge in [0.2, 0.25) is 5.91 Å². The molecule has 0 saturated carbocycles. The maximum Gasteiger partial charge on any atom is 0.308 e. The topological polar surface area (TPSA) is 66.8 Å². The van der Waals surface area contributed by atoms with Crippen LogP contribution in [-0.4, -0.2) is 41.1 Å². The SMILES string of the molecule is CCc1ccc([C@@H]2[C@@H](C(=O)O)CCC(=O)N2C[C@@H]2CCCO2)cc1. The molecule has 0 unspecified atom stereocenters. The van der Waals surface area contributed by atoms with E-state index in [-0.39, 0.29) is 12.0 Å². The molecule has 3 atom stereocenters. The predicted molar refractivity (Wildman–Crippen MR) is 89.6 cm³/mol. The number of aliphatic carboxylic acids is 1. The number of nitrogens with zero attached hydrogens (tertiary/aromatic N) is 1. The van der Waals surface area contributed by atoms with Gasteiger partial charge in [-0.25, -0.2) is 0 Å². The molecule has 2 aliphatic rings. The van der Waals surface area contributed by atoms with Crippen LogP contribution in [0.5, 0.6) is 0 Å². The molecule has 24 heavy (non-hydrogen) atoms. The van der Waals surface area contributed by atoms with Crippen molar-refractivity contribution in [1.29, 1.82) is 0 Å². The van der Waals surface area contributed by atoms with Gasteiger partial charge in [0.15, 0.2) is 0 Å². The highest BCUT2D eigenvalue weighted by Crippen LogP contribution is 2.37. The molecule has 1 aromatic carbocycles. The van der Waals surface area contributed by atoms with Crippen LogP contribution >= 0.6 is 0 Å². The van der Waals surface area contributed by atoms with Crippen LogP contribution in [0, 0.1) is 5.92 Å². The second kappa shape index (κ2) is 7.34. The van der Waals surface area contributed by atoms with Crippen molar-refractivity contribution in [2.75, 3.05) is 13.2 Å². The quantitative estimate of drug-likeness (QED) is 0.901. The molecule has 0 bridgehead atoms. The highest BCUT2D eigenvalue weighted by molar-refractivity contribution is 5.81. The lowest BCUT2D eigenvalue weighted by atomic mass is 9.83. The standard InChI is InChI=1S/C19H25NO4/c1-2-13-5-7-14(8-6-13)18-16(19(22)23)9-10-17(21)20(18)12-15-4-3-11-24-15/h5-8,15-16,18H,2-4,9-12H2,1H3,(H,22,23)/t15-,16-,18+/m0/s1. The third-order valence-electron chi connectivity index (χ3n) is 5.18. The summed E-state index contributed by atoms with van der Waals surface area (Å²) in [7, 11) is 0. The first-order valence-electron chi connectivity index (χ1n) is 8.83. The van der Waals surface area contributed by atoms with Crippen LogP contribution in [0.1, 0.15) is 49.8 Å². The lowest BCUT2D eigenvalue weighted by Gasteiger charge is -2.40. The van der Waals surface area contributed by atoms with Crippen LogP contribution in [0.25, 0.3) is 0 Å². The van der Waals surface area contributed by atoms with E-state index >= 15 is 0 Å². The van der Waals surface area contributed by atoms with Gasteiger partial charge < -0.3 is 14.7 Å². The first kappa shape index (κ1) is 17.0. The molecule has 2 fully saturated rings. The van der Waals surface area contributed by atoms with Crippen molar-refractivity contribution < 1.29 is 19.4 Å². The third kappa shape index (κ3) is 3.46. The fourth-order valence-electron chi connectivity index (χ4n) is 3.80. The number of carboxylic acids is 1. The monoisotopic (exact) mass is 331 g/mol. The van der Waals surface area contributed by atoms with E-state index in [1.165, 1.54) is 5.56 Å². The molecule has 2 saturated heterocycles. The largest absolute Gasteiger partial charge is 0.481 e. The molecule has 0 radical (unpaired) electrons. The minimum absolute atomic E-state index is 0.0268. The maximum absolute atomic E-state index is 12.5. The zero-order chi connectivity index (χ0) is 17.1. The number of carboxylic acid groups (broad SMARTS) is 1. The number of hydrogen-bond donors (Lipinski definition) is 1. The number of ether oxygens (including phenoxy) is 1. The summed E-state index contributed by atoms with van der Waals surface area (Å²) in [5, 5.41) is 9.67. The Kier molecular flexibility index (Phi) is 5.19. The Hall–Kier alpha value is -1.88. The number of carbonyl (C=O) groups is 2. The molecular formula is C19H25NO4. The Morgan fingerprint density at radius 1 is 1.29 bits per heavy atom. The van der Waals surface area contributed by atoms with Crippen LogP contribution in [-0.2, 0) is 20.7 Å². The zero-order valence-electron chi connectivity index (χ0n) is 14.1. The number of hydrogen-bond acceptors (Lipinski definition) is 3. The minimum atomic E-state index is -0.829. The Labute approximate surface area is 142 Å². The van der Waals surface area contributed by atoms with Crippen molar-refractivity contribution in [1.82, 2.24) is 4.90 Å². The van der Waals surface area contributed by atoms with Gasteiger partial charge in [-0.2, -0.15) is 0 Å². The van der Waals surface area contributed by atoms with E-state index in [0.29, 0.717) is 19.4 Å². The van der Waals surface area contributed by atoms with Gasteiger partial charge in [-0.3, -0.25) is 9.59 Å². The van der Waals surface area contributed by atoms with Gasteiger partial charge in [0.1, 0.15) is 0 Å². The lowest BCUT2D eigenvalue weighted by Crippen LogP contribution is -2.48. The first-order chi connectivity index (χ1) is 11.6. The number of benzene rings is 1. The van der Waals surface area contributed by atoms with Crippen molar-refractivity contribution >= 4 is 11.9 Å². The summed E-state index contributed by atoms with van der Waals surface area (Å²) in [5.74, 6) is -1.35. The van der Waals surface area contributed by atoms with Gasteiger partial charge in [-0.15, -0.1) is 0 Å². The Morgan fingerprint density at radius 2 is 2.04 bits per heavy atom. The van der Waals surface area contributed by atoms with Gasteiger partial charge in [0.05, 0.1) is 18.1 Å². The lowest BCUT2D eigenvalue weighted by molar-refractivity contribution is -0.153. The summed E-state index contributed by atoms with van der Waals surface area (Å²) >= 11 is 0. The highest BCUT2D eigenvalue weighted by atomic mass is 16.5. The number of piperidine rings is 1. The fraction of sp³-hybridized carbons (Fsp3) is 0.579. The van der Waals surface area contributed by atoms with Crippen LogP contribution in [0.3, 0.4) is 0 Å². The average Bonchev–Trinajstić information content (AvgIpc) is 3.09. The molecule has 1 amide bonds. The molecule has 0 aromatic heterocycles. The molecule has 1 N–H and O–H groups in total. The smallest absolute Gasteiger partial charge is 0.308 e. The number of carbonyl (C=O) groups excluding carboxylic acids is 1. The molecule has 5 heteroatoms. The summed E-state index contributed by atoms with van der Waals surface area (Å²) in [5.41, 5.74) is 2.11. The normalized spacial score (nSPS) is 27.5. The van der Waals surface area contributed by atoms with Gasteiger partial charge in [0.25, 0.3) is 0 Å². The summed E-state index contributed by atoms with van der Waals surface area (Å²) in [6, 6.07) is 7.59. The van der Waals surface area contributed by atoms with Crippen molar-refractivity contribution in [2.24, 2.45) is 5.92 Å². The summed E-state index contributed by atoms with van der Waals surface area (Å²) in [6.07, 6.45) is 3.60. The molecule has 2 heterocycles. The van der Waals surface area contributed by atoms with E-state index in [2.05, 4.69) is 6.92 Å². The maximum atomic E-state index is 12.5. The van der Waals surface area contributed by atoms with E-state index in [0.717, 1.165) is 31.4 Å². The van der Waals surface area contributed by atoms with Gasteiger partial charge in [-0.1, -0.05) is 31.2 Å².